The summed E-state index contributed by atoms with van der Waals surface area (Å²) in [5.74, 6) is -0.531. The van der Waals surface area contributed by atoms with Crippen molar-refractivity contribution in [3.8, 4) is 0 Å². The molecule has 1 amide bonds. The van der Waals surface area contributed by atoms with Crippen LogP contribution in [0.25, 0.3) is 0 Å². The van der Waals surface area contributed by atoms with E-state index in [9.17, 15) is 18.0 Å². The van der Waals surface area contributed by atoms with Crippen LogP contribution in [-0.4, -0.2) is 35.1 Å². The molecule has 1 fully saturated rings. The summed E-state index contributed by atoms with van der Waals surface area (Å²) in [7, 11) is 0. The predicted molar refractivity (Wildman–Crippen MR) is 67.5 cm³/mol. The lowest BCUT2D eigenvalue weighted by Crippen LogP contribution is -2.58. The second-order valence-corrected chi connectivity index (χ2v) is 5.38. The van der Waals surface area contributed by atoms with Crippen molar-refractivity contribution in [2.45, 2.75) is 70.1 Å². The molecule has 112 valence electrons. The number of alkyl halides is 3. The minimum absolute atomic E-state index is 0.393. The Balaban J connectivity index is 2.91. The smallest absolute Gasteiger partial charge is 0.329 e. The number of nitrogens with zero attached hydrogens (tertiary/aromatic N) is 1. The minimum Gasteiger partial charge on any atom is -0.329 e. The Morgan fingerprint density at radius 3 is 2.11 bits per heavy atom. The third-order valence-corrected chi connectivity index (χ3v) is 3.92. The molecule has 0 unspecified atom stereocenters. The van der Waals surface area contributed by atoms with E-state index >= 15 is 0 Å². The Kier molecular flexibility index (Phi) is 5.24. The molecule has 0 aromatic heterocycles. The van der Waals surface area contributed by atoms with Gasteiger partial charge in [0.05, 0.1) is 5.54 Å². The molecule has 0 aromatic carbocycles. The molecule has 0 atom stereocenters. The molecule has 0 bridgehead atoms. The highest BCUT2D eigenvalue weighted by Gasteiger charge is 2.44. The van der Waals surface area contributed by atoms with Crippen LogP contribution in [-0.2, 0) is 4.79 Å². The molecule has 0 radical (unpaired) electrons. The zero-order chi connectivity index (χ0) is 14.7. The lowest BCUT2D eigenvalue weighted by Gasteiger charge is -2.37. The number of carbonyl (C=O) groups excluding carboxylic acids is 1. The van der Waals surface area contributed by atoms with Crippen LogP contribution in [0.2, 0.25) is 0 Å². The molecule has 0 spiro atoms. The van der Waals surface area contributed by atoms with Crippen molar-refractivity contribution in [3.05, 3.63) is 0 Å². The molecular weight excluding hydrogens is 257 g/mol. The van der Waals surface area contributed by atoms with Crippen LogP contribution >= 0.6 is 0 Å². The molecule has 1 saturated carbocycles. The molecule has 1 aliphatic carbocycles. The highest BCUT2D eigenvalue weighted by molar-refractivity contribution is 5.86. The Hall–Kier alpha value is -0.780. The highest BCUT2D eigenvalue weighted by atomic mass is 19.4. The van der Waals surface area contributed by atoms with Crippen molar-refractivity contribution in [3.63, 3.8) is 0 Å². The van der Waals surface area contributed by atoms with Gasteiger partial charge < -0.3 is 10.6 Å². The van der Waals surface area contributed by atoms with E-state index in [2.05, 4.69) is 0 Å². The largest absolute Gasteiger partial charge is 0.406 e. The SMILES string of the molecule is CCC(CC)N(CC(F)(F)F)C(=O)C1(N)CCCC1. The molecule has 0 heterocycles. The predicted octanol–water partition coefficient (Wildman–Crippen LogP) is 2.84. The summed E-state index contributed by atoms with van der Waals surface area (Å²) in [6, 6.07) is -0.393. The highest BCUT2D eigenvalue weighted by Crippen LogP contribution is 2.31. The molecule has 19 heavy (non-hydrogen) atoms. The Labute approximate surface area is 112 Å². The summed E-state index contributed by atoms with van der Waals surface area (Å²) in [4.78, 5) is 13.4. The van der Waals surface area contributed by atoms with Crippen molar-refractivity contribution in [2.24, 2.45) is 5.73 Å². The van der Waals surface area contributed by atoms with Gasteiger partial charge in [0.15, 0.2) is 0 Å². The summed E-state index contributed by atoms with van der Waals surface area (Å²) >= 11 is 0. The molecule has 1 aliphatic rings. The van der Waals surface area contributed by atoms with Crippen LogP contribution in [0, 0.1) is 0 Å². The maximum Gasteiger partial charge on any atom is 0.406 e. The molecule has 0 aliphatic heterocycles. The van der Waals surface area contributed by atoms with Gasteiger partial charge in [-0.1, -0.05) is 26.7 Å². The fraction of sp³-hybridized carbons (Fsp3) is 0.923. The Morgan fingerprint density at radius 2 is 1.74 bits per heavy atom. The first-order valence-electron chi connectivity index (χ1n) is 6.90. The number of halogens is 3. The maximum atomic E-state index is 12.7. The van der Waals surface area contributed by atoms with Crippen LogP contribution in [0.4, 0.5) is 13.2 Å². The zero-order valence-electron chi connectivity index (χ0n) is 11.6. The average Bonchev–Trinajstić information content (AvgIpc) is 2.75. The summed E-state index contributed by atoms with van der Waals surface area (Å²) in [5.41, 5.74) is 4.92. The van der Waals surface area contributed by atoms with E-state index in [0.717, 1.165) is 17.7 Å². The first-order valence-corrected chi connectivity index (χ1v) is 6.90. The standard InChI is InChI=1S/C13H23F3N2O/c1-3-10(4-2)18(9-13(14,15)16)11(19)12(17)7-5-6-8-12/h10H,3-9,17H2,1-2H3. The number of amides is 1. The van der Waals surface area contributed by atoms with Gasteiger partial charge in [0.2, 0.25) is 5.91 Å². The number of hydrogen-bond acceptors (Lipinski definition) is 2. The second kappa shape index (κ2) is 6.11. The topological polar surface area (TPSA) is 46.3 Å². The van der Waals surface area contributed by atoms with E-state index in [0.29, 0.717) is 25.7 Å². The first kappa shape index (κ1) is 16.3. The molecule has 0 saturated heterocycles. The lowest BCUT2D eigenvalue weighted by molar-refractivity contribution is -0.169. The number of nitrogens with two attached hydrogens (primary N) is 1. The van der Waals surface area contributed by atoms with E-state index in [1.807, 2.05) is 0 Å². The van der Waals surface area contributed by atoms with Gasteiger partial charge >= 0.3 is 6.18 Å². The van der Waals surface area contributed by atoms with E-state index in [1.54, 1.807) is 13.8 Å². The molecule has 0 aromatic rings. The van der Waals surface area contributed by atoms with Crippen molar-refractivity contribution < 1.29 is 18.0 Å². The normalized spacial score (nSPS) is 18.9. The van der Waals surface area contributed by atoms with Gasteiger partial charge in [-0.05, 0) is 25.7 Å². The van der Waals surface area contributed by atoms with Gasteiger partial charge in [-0.25, -0.2) is 0 Å². The number of carbonyl (C=O) groups is 1. The van der Waals surface area contributed by atoms with Crippen LogP contribution in [0.5, 0.6) is 0 Å². The second-order valence-electron chi connectivity index (χ2n) is 5.38. The molecule has 3 nitrogen and oxygen atoms in total. The zero-order valence-corrected chi connectivity index (χ0v) is 11.6. The molecular formula is C13H23F3N2O. The van der Waals surface area contributed by atoms with Crippen molar-refractivity contribution in [1.82, 2.24) is 4.90 Å². The van der Waals surface area contributed by atoms with Crippen molar-refractivity contribution >= 4 is 5.91 Å². The molecule has 2 N–H and O–H groups in total. The molecule has 6 heteroatoms. The summed E-state index contributed by atoms with van der Waals surface area (Å²) in [5, 5.41) is 0. The maximum absolute atomic E-state index is 12.7. The minimum atomic E-state index is -4.38. The lowest BCUT2D eigenvalue weighted by atomic mass is 9.95. The Morgan fingerprint density at radius 1 is 1.26 bits per heavy atom. The van der Waals surface area contributed by atoms with Gasteiger partial charge in [0, 0.05) is 6.04 Å². The van der Waals surface area contributed by atoms with Gasteiger partial charge in [0.25, 0.3) is 0 Å². The van der Waals surface area contributed by atoms with Gasteiger partial charge in [-0.15, -0.1) is 0 Å². The van der Waals surface area contributed by atoms with Crippen LogP contribution < -0.4 is 5.73 Å². The van der Waals surface area contributed by atoms with Crippen LogP contribution in [0.15, 0.2) is 0 Å². The van der Waals surface area contributed by atoms with Crippen LogP contribution in [0.1, 0.15) is 52.4 Å². The quantitative estimate of drug-likeness (QED) is 0.841. The van der Waals surface area contributed by atoms with Gasteiger partial charge in [0.1, 0.15) is 6.54 Å². The fourth-order valence-electron chi connectivity index (χ4n) is 2.80. The van der Waals surface area contributed by atoms with Gasteiger partial charge in [-0.2, -0.15) is 13.2 Å². The molecule has 1 rings (SSSR count). The summed E-state index contributed by atoms with van der Waals surface area (Å²) < 4.78 is 38.0. The monoisotopic (exact) mass is 280 g/mol. The summed E-state index contributed by atoms with van der Waals surface area (Å²) in [6.45, 7) is 2.39. The summed E-state index contributed by atoms with van der Waals surface area (Å²) in [6.07, 6.45) is -0.771. The fourth-order valence-corrected chi connectivity index (χ4v) is 2.80. The van der Waals surface area contributed by atoms with Crippen molar-refractivity contribution in [2.75, 3.05) is 6.54 Å². The van der Waals surface area contributed by atoms with E-state index in [4.69, 9.17) is 5.73 Å². The van der Waals surface area contributed by atoms with Gasteiger partial charge in [-0.3, -0.25) is 4.79 Å². The number of rotatable bonds is 5. The van der Waals surface area contributed by atoms with E-state index in [1.165, 1.54) is 0 Å². The van der Waals surface area contributed by atoms with Crippen molar-refractivity contribution in [1.29, 1.82) is 0 Å². The van der Waals surface area contributed by atoms with Crippen LogP contribution in [0.3, 0.4) is 0 Å². The third-order valence-electron chi connectivity index (χ3n) is 3.92. The number of hydrogen-bond donors (Lipinski definition) is 1. The average molecular weight is 280 g/mol. The Bertz CT molecular complexity index is 308. The van der Waals surface area contributed by atoms with E-state index in [-0.39, 0.29) is 0 Å². The third kappa shape index (κ3) is 4.09. The first-order chi connectivity index (χ1) is 8.73. The van der Waals surface area contributed by atoms with E-state index < -0.39 is 30.2 Å².